The Morgan fingerprint density at radius 1 is 1.20 bits per heavy atom. The van der Waals surface area contributed by atoms with Crippen LogP contribution < -0.4 is 5.73 Å². The molecule has 1 aromatic carbocycles. The highest BCUT2D eigenvalue weighted by Crippen LogP contribution is 2.31. The highest BCUT2D eigenvalue weighted by molar-refractivity contribution is 5.21. The quantitative estimate of drug-likeness (QED) is 0.846. The van der Waals surface area contributed by atoms with Crippen molar-refractivity contribution in [2.24, 2.45) is 5.73 Å². The monoisotopic (exact) mass is 294 g/mol. The molecule has 2 rings (SSSR count). The molecule has 1 fully saturated rings. The third-order valence-electron chi connectivity index (χ3n) is 3.25. The molecule has 0 aromatic heterocycles. The zero-order valence-electron chi connectivity index (χ0n) is 10.6. The Labute approximate surface area is 113 Å². The smallest absolute Gasteiger partial charge is 0.323 e. The van der Waals surface area contributed by atoms with Gasteiger partial charge in [-0.15, -0.1) is 0 Å². The second-order valence-electron chi connectivity index (χ2n) is 5.06. The van der Waals surface area contributed by atoms with Gasteiger partial charge in [0.25, 0.3) is 0 Å². The molecule has 1 saturated carbocycles. The van der Waals surface area contributed by atoms with Crippen LogP contribution in [0.5, 0.6) is 0 Å². The normalized spacial score (nSPS) is 17.6. The second-order valence-corrected chi connectivity index (χ2v) is 5.06. The van der Waals surface area contributed by atoms with Crippen LogP contribution in [-0.4, -0.2) is 30.2 Å². The van der Waals surface area contributed by atoms with Crippen LogP contribution in [0.15, 0.2) is 18.2 Å². The summed E-state index contributed by atoms with van der Waals surface area (Å²) in [5, 5.41) is 0. The minimum Gasteiger partial charge on any atom is -0.323 e. The molecule has 7 heteroatoms. The fourth-order valence-corrected chi connectivity index (χ4v) is 2.11. The predicted molar refractivity (Wildman–Crippen MR) is 63.9 cm³/mol. The van der Waals surface area contributed by atoms with Crippen LogP contribution in [0, 0.1) is 11.6 Å². The first-order valence-corrected chi connectivity index (χ1v) is 6.27. The number of nitrogens with zero attached hydrogens (tertiary/aromatic N) is 1. The molecule has 1 atom stereocenters. The molecule has 0 radical (unpaired) electrons. The molecule has 1 aliphatic carbocycles. The average molecular weight is 294 g/mol. The van der Waals surface area contributed by atoms with Crippen LogP contribution in [0.3, 0.4) is 0 Å². The van der Waals surface area contributed by atoms with E-state index in [1.54, 1.807) is 0 Å². The van der Waals surface area contributed by atoms with Crippen LogP contribution in [0.1, 0.15) is 24.4 Å². The highest BCUT2D eigenvalue weighted by atomic mass is 19.4. The van der Waals surface area contributed by atoms with Crippen molar-refractivity contribution in [3.8, 4) is 0 Å². The minimum absolute atomic E-state index is 0.0325. The van der Waals surface area contributed by atoms with Crippen LogP contribution in [-0.2, 0) is 0 Å². The molecule has 0 amide bonds. The summed E-state index contributed by atoms with van der Waals surface area (Å²) in [6, 6.07) is 2.25. The van der Waals surface area contributed by atoms with Gasteiger partial charge in [-0.1, -0.05) is 6.07 Å². The number of alkyl halides is 3. The molecule has 2 N–H and O–H groups in total. The second kappa shape index (κ2) is 5.65. The lowest BCUT2D eigenvalue weighted by Crippen LogP contribution is -2.40. The van der Waals surface area contributed by atoms with Gasteiger partial charge in [0, 0.05) is 18.6 Å². The van der Waals surface area contributed by atoms with E-state index in [9.17, 15) is 22.0 Å². The minimum atomic E-state index is -4.30. The maximum Gasteiger partial charge on any atom is 0.401 e. The fraction of sp³-hybridized carbons (Fsp3) is 0.538. The Hall–Kier alpha value is -1.21. The number of benzene rings is 1. The summed E-state index contributed by atoms with van der Waals surface area (Å²) in [5.41, 5.74) is 6.09. The molecular weight excluding hydrogens is 279 g/mol. The summed E-state index contributed by atoms with van der Waals surface area (Å²) in [6.07, 6.45) is -2.88. The first-order valence-electron chi connectivity index (χ1n) is 6.27. The van der Waals surface area contributed by atoms with Gasteiger partial charge in [-0.05, 0) is 30.5 Å². The van der Waals surface area contributed by atoms with Gasteiger partial charge in [0.1, 0.15) is 0 Å². The van der Waals surface area contributed by atoms with E-state index in [1.807, 2.05) is 0 Å². The summed E-state index contributed by atoms with van der Waals surface area (Å²) in [5.74, 6) is -2.05. The van der Waals surface area contributed by atoms with E-state index in [2.05, 4.69) is 0 Å². The molecule has 0 saturated heterocycles. The van der Waals surface area contributed by atoms with Crippen LogP contribution in [0.25, 0.3) is 0 Å². The number of nitrogens with two attached hydrogens (primary N) is 1. The molecule has 112 valence electrons. The van der Waals surface area contributed by atoms with Crippen molar-refractivity contribution in [1.29, 1.82) is 0 Å². The van der Waals surface area contributed by atoms with Crippen LogP contribution in [0.2, 0.25) is 0 Å². The van der Waals surface area contributed by atoms with Crippen LogP contribution >= 0.6 is 0 Å². The summed E-state index contributed by atoms with van der Waals surface area (Å²) in [4.78, 5) is 1.26. The number of hydrogen-bond donors (Lipinski definition) is 1. The van der Waals surface area contributed by atoms with Gasteiger partial charge in [-0.2, -0.15) is 13.2 Å². The molecule has 20 heavy (non-hydrogen) atoms. The predicted octanol–water partition coefficient (Wildman–Crippen LogP) is 2.99. The van der Waals surface area contributed by atoms with Crippen molar-refractivity contribution < 1.29 is 22.0 Å². The van der Waals surface area contributed by atoms with Gasteiger partial charge >= 0.3 is 6.18 Å². The molecular formula is C13H15F5N2. The van der Waals surface area contributed by atoms with E-state index in [0.29, 0.717) is 12.8 Å². The zero-order valence-corrected chi connectivity index (χ0v) is 10.6. The third-order valence-corrected chi connectivity index (χ3v) is 3.25. The highest BCUT2D eigenvalue weighted by Gasteiger charge is 2.38. The first-order chi connectivity index (χ1) is 9.26. The number of halogens is 5. The van der Waals surface area contributed by atoms with Crippen molar-refractivity contribution >= 4 is 0 Å². The van der Waals surface area contributed by atoms with Crippen molar-refractivity contribution in [1.82, 2.24) is 4.90 Å². The van der Waals surface area contributed by atoms with Gasteiger partial charge in [0.15, 0.2) is 11.6 Å². The van der Waals surface area contributed by atoms with E-state index in [-0.39, 0.29) is 18.2 Å². The lowest BCUT2D eigenvalue weighted by atomic mass is 10.1. The Bertz CT molecular complexity index is 470. The Kier molecular flexibility index (Phi) is 4.29. The van der Waals surface area contributed by atoms with E-state index in [1.165, 1.54) is 11.0 Å². The summed E-state index contributed by atoms with van der Waals surface area (Å²) >= 11 is 0. The molecule has 1 unspecified atom stereocenters. The van der Waals surface area contributed by atoms with Crippen molar-refractivity contribution in [2.75, 3.05) is 13.1 Å². The Morgan fingerprint density at radius 3 is 2.35 bits per heavy atom. The van der Waals surface area contributed by atoms with Gasteiger partial charge in [-0.3, -0.25) is 4.90 Å². The van der Waals surface area contributed by atoms with E-state index >= 15 is 0 Å². The van der Waals surface area contributed by atoms with Gasteiger partial charge < -0.3 is 5.73 Å². The van der Waals surface area contributed by atoms with Gasteiger partial charge in [0.2, 0.25) is 0 Å². The molecule has 1 aromatic rings. The van der Waals surface area contributed by atoms with Crippen LogP contribution in [0.4, 0.5) is 22.0 Å². The molecule has 0 bridgehead atoms. The summed E-state index contributed by atoms with van der Waals surface area (Å²) < 4.78 is 63.3. The zero-order chi connectivity index (χ0) is 14.9. The molecule has 1 aliphatic rings. The number of rotatable bonds is 5. The summed E-state index contributed by atoms with van der Waals surface area (Å²) in [7, 11) is 0. The molecule has 0 heterocycles. The number of hydrogen-bond acceptors (Lipinski definition) is 2. The van der Waals surface area contributed by atoms with Crippen molar-refractivity contribution in [2.45, 2.75) is 31.1 Å². The average Bonchev–Trinajstić information content (AvgIpc) is 3.14. The molecule has 0 spiro atoms. The maximum atomic E-state index is 13.1. The Morgan fingerprint density at radius 2 is 1.85 bits per heavy atom. The maximum absolute atomic E-state index is 13.1. The van der Waals surface area contributed by atoms with Gasteiger partial charge in [0.05, 0.1) is 6.54 Å². The van der Waals surface area contributed by atoms with E-state index in [0.717, 1.165) is 12.1 Å². The van der Waals surface area contributed by atoms with Crippen molar-refractivity contribution in [3.05, 3.63) is 35.4 Å². The Balaban J connectivity index is 2.04. The lowest BCUT2D eigenvalue weighted by molar-refractivity contribution is -0.147. The van der Waals surface area contributed by atoms with E-state index in [4.69, 9.17) is 5.73 Å². The third kappa shape index (κ3) is 4.14. The SMILES string of the molecule is NC(CN(CC(F)(F)F)C1CC1)c1ccc(F)c(F)c1. The summed E-state index contributed by atoms with van der Waals surface area (Å²) in [6.45, 7) is -1.07. The van der Waals surface area contributed by atoms with Crippen molar-refractivity contribution in [3.63, 3.8) is 0 Å². The fourth-order valence-electron chi connectivity index (χ4n) is 2.11. The van der Waals surface area contributed by atoms with Gasteiger partial charge in [-0.25, -0.2) is 8.78 Å². The van der Waals surface area contributed by atoms with E-state index < -0.39 is 30.4 Å². The first kappa shape index (κ1) is 15.2. The standard InChI is InChI=1S/C13H15F5N2/c14-10-4-1-8(5-11(10)15)12(19)6-20(9-2-3-9)7-13(16,17)18/h1,4-5,9,12H,2-3,6-7,19H2. The molecule has 2 nitrogen and oxygen atoms in total. The largest absolute Gasteiger partial charge is 0.401 e. The topological polar surface area (TPSA) is 29.3 Å². The lowest BCUT2D eigenvalue weighted by Gasteiger charge is -2.26. The molecule has 0 aliphatic heterocycles.